The number of hydrogen-bond acceptors (Lipinski definition) is 6. The highest BCUT2D eigenvalue weighted by molar-refractivity contribution is 9.10. The van der Waals surface area contributed by atoms with Crippen LogP contribution in [0.5, 0.6) is 0 Å². The third-order valence-electron chi connectivity index (χ3n) is 3.91. The molecule has 6 nitrogen and oxygen atoms in total. The zero-order chi connectivity index (χ0) is 15.5. The maximum atomic E-state index is 6.29. The minimum atomic E-state index is 0.449. The van der Waals surface area contributed by atoms with Crippen molar-refractivity contribution in [2.24, 2.45) is 0 Å². The van der Waals surface area contributed by atoms with Gasteiger partial charge in [0.1, 0.15) is 17.8 Å². The average Bonchev–Trinajstić information content (AvgIpc) is 2.52. The molecular weight excluding hydrogens is 344 g/mol. The number of hydrogen-bond donors (Lipinski definition) is 2. The van der Waals surface area contributed by atoms with Gasteiger partial charge in [0.15, 0.2) is 11.6 Å². The Balaban J connectivity index is 1.86. The van der Waals surface area contributed by atoms with E-state index in [0.29, 0.717) is 23.4 Å². The van der Waals surface area contributed by atoms with Crippen molar-refractivity contribution in [3.8, 4) is 0 Å². The van der Waals surface area contributed by atoms with Crippen LogP contribution in [0.4, 0.5) is 23.1 Å². The minimum absolute atomic E-state index is 0.449. The Labute approximate surface area is 138 Å². The fourth-order valence-electron chi connectivity index (χ4n) is 2.70. The summed E-state index contributed by atoms with van der Waals surface area (Å²) in [7, 11) is 0. The van der Waals surface area contributed by atoms with E-state index >= 15 is 0 Å². The van der Waals surface area contributed by atoms with Crippen molar-refractivity contribution in [3.05, 3.63) is 29.1 Å². The lowest BCUT2D eigenvalue weighted by molar-refractivity contribution is 0.481. The Morgan fingerprint density at radius 1 is 1.27 bits per heavy atom. The summed E-state index contributed by atoms with van der Waals surface area (Å²) in [6.07, 6.45) is 6.88. The number of nitrogens with one attached hydrogen (secondary N) is 1. The highest BCUT2D eigenvalue weighted by Crippen LogP contribution is 2.32. The van der Waals surface area contributed by atoms with Crippen molar-refractivity contribution >= 4 is 39.1 Å². The monoisotopic (exact) mass is 362 g/mol. The molecule has 2 aromatic heterocycles. The lowest BCUT2D eigenvalue weighted by Gasteiger charge is -2.35. The van der Waals surface area contributed by atoms with E-state index in [1.807, 2.05) is 12.1 Å². The van der Waals surface area contributed by atoms with Gasteiger partial charge in [-0.3, -0.25) is 0 Å². The van der Waals surface area contributed by atoms with Gasteiger partial charge in [-0.2, -0.15) is 0 Å². The number of nitrogens with zero attached hydrogens (tertiary/aromatic N) is 4. The molecule has 0 amide bonds. The van der Waals surface area contributed by atoms with Crippen LogP contribution in [0.15, 0.2) is 29.1 Å². The molecule has 1 aliphatic rings. The van der Waals surface area contributed by atoms with Crippen molar-refractivity contribution in [2.75, 3.05) is 22.5 Å². The molecule has 1 unspecified atom stereocenters. The van der Waals surface area contributed by atoms with Crippen LogP contribution in [-0.2, 0) is 0 Å². The first kappa shape index (κ1) is 15.0. The topological polar surface area (TPSA) is 80.0 Å². The van der Waals surface area contributed by atoms with E-state index in [1.165, 1.54) is 19.3 Å². The number of nitrogen functional groups attached to an aromatic ring is 1. The zero-order valence-corrected chi connectivity index (χ0v) is 14.0. The number of piperidine rings is 1. The van der Waals surface area contributed by atoms with Crippen LogP contribution < -0.4 is 16.0 Å². The van der Waals surface area contributed by atoms with E-state index in [9.17, 15) is 0 Å². The van der Waals surface area contributed by atoms with Crippen molar-refractivity contribution < 1.29 is 0 Å². The summed E-state index contributed by atoms with van der Waals surface area (Å²) in [5.41, 5.74) is 6.86. The smallest absolute Gasteiger partial charge is 0.160 e. The lowest BCUT2D eigenvalue weighted by Crippen LogP contribution is -2.38. The summed E-state index contributed by atoms with van der Waals surface area (Å²) in [4.78, 5) is 15.2. The summed E-state index contributed by atoms with van der Waals surface area (Å²) in [5, 5.41) is 3.16. The highest BCUT2D eigenvalue weighted by atomic mass is 79.9. The van der Waals surface area contributed by atoms with Gasteiger partial charge in [-0.15, -0.1) is 0 Å². The second-order valence-electron chi connectivity index (χ2n) is 5.48. The maximum Gasteiger partial charge on any atom is 0.160 e. The average molecular weight is 363 g/mol. The molecule has 3 heterocycles. The predicted molar refractivity (Wildman–Crippen MR) is 92.3 cm³/mol. The molecule has 1 aliphatic heterocycles. The first-order valence-electron chi connectivity index (χ1n) is 7.41. The molecule has 1 atom stereocenters. The molecule has 0 bridgehead atoms. The van der Waals surface area contributed by atoms with Gasteiger partial charge in [0.2, 0.25) is 0 Å². The van der Waals surface area contributed by atoms with E-state index in [4.69, 9.17) is 5.73 Å². The molecule has 1 fully saturated rings. The van der Waals surface area contributed by atoms with Gasteiger partial charge in [-0.25, -0.2) is 15.0 Å². The molecule has 0 spiro atoms. The Morgan fingerprint density at radius 3 is 2.86 bits per heavy atom. The van der Waals surface area contributed by atoms with E-state index in [0.717, 1.165) is 16.8 Å². The third kappa shape index (κ3) is 3.14. The van der Waals surface area contributed by atoms with Gasteiger partial charge in [-0.1, -0.05) is 0 Å². The van der Waals surface area contributed by atoms with Crippen molar-refractivity contribution in [1.29, 1.82) is 0 Å². The maximum absolute atomic E-state index is 6.29. The van der Waals surface area contributed by atoms with Gasteiger partial charge < -0.3 is 16.0 Å². The zero-order valence-electron chi connectivity index (χ0n) is 12.5. The van der Waals surface area contributed by atoms with Crippen LogP contribution in [0.3, 0.4) is 0 Å². The number of halogens is 1. The van der Waals surface area contributed by atoms with Gasteiger partial charge in [0, 0.05) is 23.3 Å². The largest absolute Gasteiger partial charge is 0.393 e. The van der Waals surface area contributed by atoms with Gasteiger partial charge in [0.05, 0.1) is 0 Å². The van der Waals surface area contributed by atoms with Gasteiger partial charge in [0.25, 0.3) is 0 Å². The molecule has 1 saturated heterocycles. The van der Waals surface area contributed by atoms with Crippen LogP contribution in [0.25, 0.3) is 0 Å². The number of aromatic nitrogens is 3. The summed E-state index contributed by atoms with van der Waals surface area (Å²) < 4.78 is 0.927. The van der Waals surface area contributed by atoms with Crippen LogP contribution in [0.1, 0.15) is 26.2 Å². The van der Waals surface area contributed by atoms with Crippen LogP contribution in [0, 0.1) is 0 Å². The van der Waals surface area contributed by atoms with E-state index in [-0.39, 0.29) is 0 Å². The Kier molecular flexibility index (Phi) is 4.42. The molecule has 0 radical (unpaired) electrons. The van der Waals surface area contributed by atoms with Gasteiger partial charge in [-0.05, 0) is 54.2 Å². The molecule has 0 saturated carbocycles. The van der Waals surface area contributed by atoms with Crippen molar-refractivity contribution in [3.63, 3.8) is 0 Å². The second kappa shape index (κ2) is 6.48. The molecule has 22 heavy (non-hydrogen) atoms. The second-order valence-corrected chi connectivity index (χ2v) is 6.40. The standard InChI is InChI=1S/C15H19BrN6/c1-10-4-2-3-7-22(10)15-13(17)14(19-9-20-15)21-12-6-5-11(16)8-18-12/h5-6,8-10H,2-4,7,17H2,1H3,(H,18,19,20,21). The molecular formula is C15H19BrN6. The first-order chi connectivity index (χ1) is 10.6. The number of pyridine rings is 1. The Hall–Kier alpha value is -1.89. The van der Waals surface area contributed by atoms with Crippen molar-refractivity contribution in [1.82, 2.24) is 15.0 Å². The number of nitrogens with two attached hydrogens (primary N) is 1. The first-order valence-corrected chi connectivity index (χ1v) is 8.20. The number of rotatable bonds is 3. The normalized spacial score (nSPS) is 18.3. The Morgan fingerprint density at radius 2 is 2.14 bits per heavy atom. The quantitative estimate of drug-likeness (QED) is 0.871. The summed E-state index contributed by atoms with van der Waals surface area (Å²) in [6, 6.07) is 4.24. The molecule has 2 aromatic rings. The lowest BCUT2D eigenvalue weighted by atomic mass is 10.0. The summed E-state index contributed by atoms with van der Waals surface area (Å²) in [5.74, 6) is 2.10. The Bertz CT molecular complexity index is 645. The molecule has 0 aromatic carbocycles. The van der Waals surface area contributed by atoms with E-state index in [1.54, 1.807) is 12.5 Å². The summed E-state index contributed by atoms with van der Waals surface area (Å²) >= 11 is 3.37. The molecule has 116 valence electrons. The molecule has 3 rings (SSSR count). The molecule has 3 N–H and O–H groups in total. The van der Waals surface area contributed by atoms with Crippen LogP contribution in [-0.4, -0.2) is 27.5 Å². The minimum Gasteiger partial charge on any atom is -0.393 e. The highest BCUT2D eigenvalue weighted by Gasteiger charge is 2.23. The van der Waals surface area contributed by atoms with Crippen molar-refractivity contribution in [2.45, 2.75) is 32.2 Å². The fourth-order valence-corrected chi connectivity index (χ4v) is 2.93. The van der Waals surface area contributed by atoms with Crippen LogP contribution >= 0.6 is 15.9 Å². The van der Waals surface area contributed by atoms with E-state index in [2.05, 4.69) is 48.0 Å². The summed E-state index contributed by atoms with van der Waals surface area (Å²) in [6.45, 7) is 3.20. The van der Waals surface area contributed by atoms with Gasteiger partial charge >= 0.3 is 0 Å². The third-order valence-corrected chi connectivity index (χ3v) is 4.38. The predicted octanol–water partition coefficient (Wildman–Crippen LogP) is 3.34. The SMILES string of the molecule is CC1CCCCN1c1ncnc(Nc2ccc(Br)cn2)c1N. The number of anilines is 4. The molecule has 7 heteroatoms. The van der Waals surface area contributed by atoms with E-state index < -0.39 is 0 Å². The van der Waals surface area contributed by atoms with Crippen LogP contribution in [0.2, 0.25) is 0 Å². The molecule has 0 aliphatic carbocycles. The fraction of sp³-hybridized carbons (Fsp3) is 0.400.